The van der Waals surface area contributed by atoms with Gasteiger partial charge in [-0.1, -0.05) is 32.0 Å². The predicted octanol–water partition coefficient (Wildman–Crippen LogP) is 2.29. The first-order chi connectivity index (χ1) is 10.1. The van der Waals surface area contributed by atoms with Crippen LogP contribution < -0.4 is 10.5 Å². The summed E-state index contributed by atoms with van der Waals surface area (Å²) in [6.07, 6.45) is 2.07. The fraction of sp³-hybridized carbons (Fsp3) is 0.588. The molecular formula is C17H26N2O2. The van der Waals surface area contributed by atoms with Crippen LogP contribution >= 0.6 is 0 Å². The Morgan fingerprint density at radius 3 is 2.81 bits per heavy atom. The number of likely N-dealkylation sites (tertiary alicyclic amines) is 1. The Bertz CT molecular complexity index is 449. The average molecular weight is 290 g/mol. The molecule has 1 heterocycles. The molecule has 0 aliphatic carbocycles. The van der Waals surface area contributed by atoms with E-state index in [1.54, 1.807) is 0 Å². The summed E-state index contributed by atoms with van der Waals surface area (Å²) in [6.45, 7) is 5.93. The highest BCUT2D eigenvalue weighted by molar-refractivity contribution is 5.79. The van der Waals surface area contributed by atoms with Crippen LogP contribution in [-0.2, 0) is 4.79 Å². The maximum Gasteiger partial charge on any atom is 0.229 e. The number of ether oxygens (including phenoxy) is 1. The van der Waals surface area contributed by atoms with Crippen LogP contribution in [0, 0.1) is 11.8 Å². The number of hydrogen-bond donors (Lipinski definition) is 1. The fourth-order valence-corrected chi connectivity index (χ4v) is 2.86. The Labute approximate surface area is 127 Å². The van der Waals surface area contributed by atoms with E-state index < -0.39 is 0 Å². The van der Waals surface area contributed by atoms with Gasteiger partial charge >= 0.3 is 0 Å². The zero-order valence-corrected chi connectivity index (χ0v) is 13.0. The van der Waals surface area contributed by atoms with E-state index in [1.807, 2.05) is 42.2 Å². The van der Waals surface area contributed by atoms with Crippen molar-refractivity contribution in [3.8, 4) is 5.75 Å². The van der Waals surface area contributed by atoms with Crippen LogP contribution in [0.15, 0.2) is 30.3 Å². The Morgan fingerprint density at radius 2 is 2.14 bits per heavy atom. The second-order valence-corrected chi connectivity index (χ2v) is 6.08. The van der Waals surface area contributed by atoms with Crippen molar-refractivity contribution in [1.82, 2.24) is 4.90 Å². The predicted molar refractivity (Wildman–Crippen MR) is 84.1 cm³/mol. The summed E-state index contributed by atoms with van der Waals surface area (Å²) in [6, 6.07) is 9.80. The zero-order chi connectivity index (χ0) is 15.2. The van der Waals surface area contributed by atoms with Crippen molar-refractivity contribution in [2.45, 2.75) is 32.7 Å². The van der Waals surface area contributed by atoms with E-state index in [9.17, 15) is 4.79 Å². The van der Waals surface area contributed by atoms with E-state index in [1.165, 1.54) is 0 Å². The van der Waals surface area contributed by atoms with E-state index >= 15 is 0 Å². The molecule has 0 saturated carbocycles. The van der Waals surface area contributed by atoms with Crippen molar-refractivity contribution in [2.24, 2.45) is 17.6 Å². The topological polar surface area (TPSA) is 55.6 Å². The maximum absolute atomic E-state index is 12.6. The number of amides is 1. The fourth-order valence-electron chi connectivity index (χ4n) is 2.86. The lowest BCUT2D eigenvalue weighted by Gasteiger charge is -2.39. The van der Waals surface area contributed by atoms with E-state index in [2.05, 4.69) is 6.92 Å². The Kier molecular flexibility index (Phi) is 5.62. The quantitative estimate of drug-likeness (QED) is 0.905. The number of carbonyl (C=O) groups is 1. The number of benzene rings is 1. The summed E-state index contributed by atoms with van der Waals surface area (Å²) in [7, 11) is 0. The third-order valence-corrected chi connectivity index (χ3v) is 4.20. The van der Waals surface area contributed by atoms with Crippen LogP contribution in [0.4, 0.5) is 0 Å². The van der Waals surface area contributed by atoms with Crippen LogP contribution in [0.3, 0.4) is 0 Å². The van der Waals surface area contributed by atoms with Crippen molar-refractivity contribution in [3.63, 3.8) is 0 Å². The molecule has 4 nitrogen and oxygen atoms in total. The first-order valence-corrected chi connectivity index (χ1v) is 7.80. The number of rotatable bonds is 5. The Hall–Kier alpha value is -1.55. The van der Waals surface area contributed by atoms with Gasteiger partial charge in [-0.15, -0.1) is 0 Å². The van der Waals surface area contributed by atoms with Crippen LogP contribution in [0.5, 0.6) is 5.75 Å². The molecule has 1 aliphatic heterocycles. The molecule has 3 unspecified atom stereocenters. The van der Waals surface area contributed by atoms with Crippen LogP contribution in [0.1, 0.15) is 26.7 Å². The lowest BCUT2D eigenvalue weighted by atomic mass is 9.91. The Morgan fingerprint density at radius 1 is 1.43 bits per heavy atom. The molecule has 2 rings (SSSR count). The maximum atomic E-state index is 12.6. The normalized spacial score (nSPS) is 23.7. The van der Waals surface area contributed by atoms with E-state index in [0.717, 1.165) is 25.1 Å². The molecule has 1 aromatic carbocycles. The van der Waals surface area contributed by atoms with Gasteiger partial charge in [0, 0.05) is 19.1 Å². The number of nitrogens with two attached hydrogens (primary N) is 1. The molecule has 116 valence electrons. The van der Waals surface area contributed by atoms with Crippen molar-refractivity contribution in [1.29, 1.82) is 0 Å². The molecule has 0 radical (unpaired) electrons. The molecule has 1 amide bonds. The number of hydrogen-bond acceptors (Lipinski definition) is 3. The first kappa shape index (κ1) is 15.8. The van der Waals surface area contributed by atoms with Crippen LogP contribution in [0.2, 0.25) is 0 Å². The first-order valence-electron chi connectivity index (χ1n) is 7.80. The third-order valence-electron chi connectivity index (χ3n) is 4.20. The van der Waals surface area contributed by atoms with Gasteiger partial charge in [-0.2, -0.15) is 0 Å². The zero-order valence-electron chi connectivity index (χ0n) is 13.0. The van der Waals surface area contributed by atoms with Crippen molar-refractivity contribution in [2.75, 3.05) is 19.7 Å². The summed E-state index contributed by atoms with van der Waals surface area (Å²) in [5.74, 6) is 1.47. The van der Waals surface area contributed by atoms with Gasteiger partial charge in [0.2, 0.25) is 5.91 Å². The Balaban J connectivity index is 1.89. The van der Waals surface area contributed by atoms with Crippen LogP contribution in [-0.4, -0.2) is 36.5 Å². The average Bonchev–Trinajstić information content (AvgIpc) is 2.52. The largest absolute Gasteiger partial charge is 0.493 e. The van der Waals surface area contributed by atoms with Gasteiger partial charge in [-0.05, 0) is 30.9 Å². The van der Waals surface area contributed by atoms with Gasteiger partial charge in [-0.25, -0.2) is 0 Å². The highest BCUT2D eigenvalue weighted by Crippen LogP contribution is 2.23. The molecule has 1 aliphatic rings. The van der Waals surface area contributed by atoms with E-state index in [0.29, 0.717) is 19.1 Å². The monoisotopic (exact) mass is 290 g/mol. The van der Waals surface area contributed by atoms with Gasteiger partial charge in [-0.3, -0.25) is 4.79 Å². The van der Waals surface area contributed by atoms with Crippen LogP contribution in [0.25, 0.3) is 0 Å². The summed E-state index contributed by atoms with van der Waals surface area (Å²) in [5.41, 5.74) is 5.83. The van der Waals surface area contributed by atoms with Gasteiger partial charge in [0.15, 0.2) is 0 Å². The van der Waals surface area contributed by atoms with E-state index in [-0.39, 0.29) is 17.9 Å². The summed E-state index contributed by atoms with van der Waals surface area (Å²) < 4.78 is 5.69. The molecule has 3 atom stereocenters. The number of piperidine rings is 1. The number of para-hydroxylation sites is 1. The molecule has 1 fully saturated rings. The van der Waals surface area contributed by atoms with Gasteiger partial charge in [0.25, 0.3) is 0 Å². The minimum Gasteiger partial charge on any atom is -0.493 e. The van der Waals surface area contributed by atoms with Crippen molar-refractivity contribution < 1.29 is 9.53 Å². The minimum atomic E-state index is -0.146. The third kappa shape index (κ3) is 4.21. The minimum absolute atomic E-state index is 0.146. The lowest BCUT2D eigenvalue weighted by molar-refractivity contribution is -0.140. The molecule has 1 saturated heterocycles. The summed E-state index contributed by atoms with van der Waals surface area (Å²) in [5, 5.41) is 0. The molecule has 0 spiro atoms. The molecule has 0 bridgehead atoms. The van der Waals surface area contributed by atoms with Crippen molar-refractivity contribution in [3.05, 3.63) is 30.3 Å². The van der Waals surface area contributed by atoms with Crippen molar-refractivity contribution >= 4 is 5.91 Å². The molecule has 21 heavy (non-hydrogen) atoms. The molecular weight excluding hydrogens is 264 g/mol. The molecule has 4 heteroatoms. The highest BCUT2D eigenvalue weighted by atomic mass is 16.5. The number of carbonyl (C=O) groups excluding carboxylic acids is 1. The van der Waals surface area contributed by atoms with Gasteiger partial charge < -0.3 is 15.4 Å². The molecule has 0 aromatic heterocycles. The van der Waals surface area contributed by atoms with Gasteiger partial charge in [0.1, 0.15) is 5.75 Å². The summed E-state index contributed by atoms with van der Waals surface area (Å²) >= 11 is 0. The van der Waals surface area contributed by atoms with E-state index in [4.69, 9.17) is 10.5 Å². The highest BCUT2D eigenvalue weighted by Gasteiger charge is 2.31. The summed E-state index contributed by atoms with van der Waals surface area (Å²) in [4.78, 5) is 14.5. The standard InChI is InChI=1S/C17H26N2O2/c1-13-8-9-19(15(10-13)11-18)17(20)14(2)12-21-16-6-4-3-5-7-16/h3-7,13-15H,8-12,18H2,1-2H3. The number of nitrogens with zero attached hydrogens (tertiary/aromatic N) is 1. The molecule has 1 aromatic rings. The molecule has 2 N–H and O–H groups in total. The lowest BCUT2D eigenvalue weighted by Crippen LogP contribution is -2.51. The van der Waals surface area contributed by atoms with Gasteiger partial charge in [0.05, 0.1) is 12.5 Å². The smallest absolute Gasteiger partial charge is 0.229 e. The second-order valence-electron chi connectivity index (χ2n) is 6.08. The SMILES string of the molecule is CC1CCN(C(=O)C(C)COc2ccccc2)C(CN)C1. The second kappa shape index (κ2) is 7.46.